The van der Waals surface area contributed by atoms with Crippen LogP contribution in [0.2, 0.25) is 0 Å². The van der Waals surface area contributed by atoms with Gasteiger partial charge in [0.1, 0.15) is 6.17 Å². The van der Waals surface area contributed by atoms with Gasteiger partial charge in [-0.05, 0) is 6.54 Å². The highest BCUT2D eigenvalue weighted by Gasteiger charge is 2.30. The van der Waals surface area contributed by atoms with Crippen molar-refractivity contribution >= 4 is 0 Å². The molecule has 2 aliphatic rings. The van der Waals surface area contributed by atoms with Crippen molar-refractivity contribution in [2.45, 2.75) is 19.2 Å². The Balaban J connectivity index is 1.69. The molecule has 0 amide bonds. The number of hydrogen-bond acceptors (Lipinski definition) is 3. The molecule has 0 aromatic carbocycles. The fraction of sp³-hybridized carbons (Fsp3) is 1.00. The third-order valence-electron chi connectivity index (χ3n) is 3.04. The lowest BCUT2D eigenvalue weighted by molar-refractivity contribution is -0.0606. The molecule has 0 bridgehead atoms. The van der Waals surface area contributed by atoms with E-state index in [9.17, 15) is 4.39 Å². The topological polar surface area (TPSA) is 15.7 Å². The van der Waals surface area contributed by atoms with Gasteiger partial charge in [-0.15, -0.1) is 0 Å². The summed E-state index contributed by atoms with van der Waals surface area (Å²) in [5.41, 5.74) is 0. The fourth-order valence-corrected chi connectivity index (χ4v) is 2.12. The van der Waals surface area contributed by atoms with Crippen LogP contribution < -0.4 is 0 Å². The summed E-state index contributed by atoms with van der Waals surface area (Å²) in [4.78, 5) is 4.52. The van der Waals surface area contributed by atoms with E-state index in [1.807, 2.05) is 0 Å². The molecule has 0 spiro atoms. The molecule has 0 unspecified atom stereocenters. The van der Waals surface area contributed by atoms with Gasteiger partial charge in [0.15, 0.2) is 0 Å². The second-order valence-electron chi connectivity index (χ2n) is 4.20. The summed E-state index contributed by atoms with van der Waals surface area (Å²) < 4.78 is 18.2. The molecule has 2 fully saturated rings. The SMILES string of the molecule is CCN1CCO[C@@H](CN2CC(F)C2)C1. The molecule has 2 saturated heterocycles. The number of rotatable bonds is 3. The Morgan fingerprint density at radius 1 is 1.29 bits per heavy atom. The lowest BCUT2D eigenvalue weighted by atomic mass is 10.1. The third-order valence-corrected chi connectivity index (χ3v) is 3.04. The number of likely N-dealkylation sites (tertiary alicyclic amines) is 1. The number of ether oxygens (including phenoxy) is 1. The van der Waals surface area contributed by atoms with Crippen LogP contribution in [0.5, 0.6) is 0 Å². The minimum Gasteiger partial charge on any atom is -0.374 e. The van der Waals surface area contributed by atoms with E-state index in [0.29, 0.717) is 13.1 Å². The zero-order valence-electron chi connectivity index (χ0n) is 8.79. The van der Waals surface area contributed by atoms with Gasteiger partial charge in [0.25, 0.3) is 0 Å². The summed E-state index contributed by atoms with van der Waals surface area (Å²) in [6.07, 6.45) is -0.308. The summed E-state index contributed by atoms with van der Waals surface area (Å²) in [6, 6.07) is 0. The largest absolute Gasteiger partial charge is 0.374 e. The van der Waals surface area contributed by atoms with Crippen LogP contribution in [0.1, 0.15) is 6.92 Å². The van der Waals surface area contributed by atoms with Crippen molar-refractivity contribution in [2.75, 3.05) is 45.9 Å². The van der Waals surface area contributed by atoms with Crippen LogP contribution >= 0.6 is 0 Å². The highest BCUT2D eigenvalue weighted by Crippen LogP contribution is 2.14. The first kappa shape index (κ1) is 10.3. The number of halogens is 1. The van der Waals surface area contributed by atoms with Crippen molar-refractivity contribution in [3.05, 3.63) is 0 Å². The van der Waals surface area contributed by atoms with Crippen molar-refractivity contribution in [1.29, 1.82) is 0 Å². The van der Waals surface area contributed by atoms with Gasteiger partial charge in [-0.3, -0.25) is 9.80 Å². The van der Waals surface area contributed by atoms with Gasteiger partial charge in [0, 0.05) is 32.7 Å². The van der Waals surface area contributed by atoms with E-state index in [1.165, 1.54) is 0 Å². The Hall–Kier alpha value is -0.190. The number of alkyl halides is 1. The lowest BCUT2D eigenvalue weighted by Crippen LogP contribution is -2.54. The second kappa shape index (κ2) is 4.55. The predicted molar refractivity (Wildman–Crippen MR) is 53.2 cm³/mol. The first-order valence-electron chi connectivity index (χ1n) is 5.48. The molecule has 0 aromatic heterocycles. The van der Waals surface area contributed by atoms with E-state index < -0.39 is 6.17 Å². The van der Waals surface area contributed by atoms with Gasteiger partial charge < -0.3 is 4.74 Å². The van der Waals surface area contributed by atoms with Crippen molar-refractivity contribution in [1.82, 2.24) is 9.80 Å². The van der Waals surface area contributed by atoms with E-state index >= 15 is 0 Å². The normalized spacial score (nSPS) is 31.7. The Morgan fingerprint density at radius 2 is 2.07 bits per heavy atom. The average Bonchev–Trinajstić information content (AvgIpc) is 2.16. The first-order chi connectivity index (χ1) is 6.78. The molecule has 3 nitrogen and oxygen atoms in total. The van der Waals surface area contributed by atoms with Gasteiger partial charge in [-0.25, -0.2) is 4.39 Å². The molecule has 14 heavy (non-hydrogen) atoms. The quantitative estimate of drug-likeness (QED) is 0.657. The molecule has 0 radical (unpaired) electrons. The summed E-state index contributed by atoms with van der Waals surface area (Å²) >= 11 is 0. The second-order valence-corrected chi connectivity index (χ2v) is 4.20. The lowest BCUT2D eigenvalue weighted by Gasteiger charge is -2.39. The molecule has 0 N–H and O–H groups in total. The van der Waals surface area contributed by atoms with E-state index in [1.54, 1.807) is 0 Å². The van der Waals surface area contributed by atoms with Gasteiger partial charge in [-0.2, -0.15) is 0 Å². The van der Waals surface area contributed by atoms with E-state index in [-0.39, 0.29) is 6.10 Å². The standard InChI is InChI=1S/C10H19FN2O/c1-2-12-3-4-14-10(7-12)8-13-5-9(11)6-13/h9-10H,2-8H2,1H3/t10-/m1/s1. The van der Waals surface area contributed by atoms with Crippen molar-refractivity contribution in [3.63, 3.8) is 0 Å². The highest BCUT2D eigenvalue weighted by molar-refractivity contribution is 4.83. The van der Waals surface area contributed by atoms with Crippen LogP contribution in [0.4, 0.5) is 4.39 Å². The molecule has 82 valence electrons. The number of hydrogen-bond donors (Lipinski definition) is 0. The summed E-state index contributed by atoms with van der Waals surface area (Å²) in [7, 11) is 0. The van der Waals surface area contributed by atoms with Crippen molar-refractivity contribution < 1.29 is 9.13 Å². The van der Waals surface area contributed by atoms with Crippen LogP contribution in [-0.2, 0) is 4.74 Å². The minimum absolute atomic E-state index is 0.288. The van der Waals surface area contributed by atoms with Crippen LogP contribution in [0, 0.1) is 0 Å². The zero-order valence-corrected chi connectivity index (χ0v) is 8.79. The number of likely N-dealkylation sites (N-methyl/N-ethyl adjacent to an activating group) is 1. The van der Waals surface area contributed by atoms with Crippen LogP contribution in [-0.4, -0.2) is 68.0 Å². The third kappa shape index (κ3) is 2.43. The number of nitrogens with zero attached hydrogens (tertiary/aromatic N) is 2. The predicted octanol–water partition coefficient (Wildman–Crippen LogP) is 0.361. The average molecular weight is 202 g/mol. The van der Waals surface area contributed by atoms with Gasteiger partial charge in [-0.1, -0.05) is 6.92 Å². The maximum atomic E-state index is 12.6. The molecular weight excluding hydrogens is 183 g/mol. The summed E-state index contributed by atoms with van der Waals surface area (Å²) in [6.45, 7) is 8.23. The maximum Gasteiger partial charge on any atom is 0.125 e. The van der Waals surface area contributed by atoms with Gasteiger partial charge in [0.2, 0.25) is 0 Å². The Kier molecular flexibility index (Phi) is 3.36. The van der Waals surface area contributed by atoms with Gasteiger partial charge >= 0.3 is 0 Å². The molecular formula is C10H19FN2O. The van der Waals surface area contributed by atoms with E-state index in [4.69, 9.17) is 4.74 Å². The molecule has 2 aliphatic heterocycles. The highest BCUT2D eigenvalue weighted by atomic mass is 19.1. The Bertz CT molecular complexity index is 185. The minimum atomic E-state index is -0.596. The smallest absolute Gasteiger partial charge is 0.125 e. The van der Waals surface area contributed by atoms with Crippen LogP contribution in [0.3, 0.4) is 0 Å². The maximum absolute atomic E-state index is 12.6. The molecule has 0 aliphatic carbocycles. The number of morpholine rings is 1. The Labute approximate surface area is 84.8 Å². The molecule has 2 heterocycles. The molecule has 4 heteroatoms. The molecule has 0 saturated carbocycles. The van der Waals surface area contributed by atoms with Gasteiger partial charge in [0.05, 0.1) is 12.7 Å². The van der Waals surface area contributed by atoms with Crippen molar-refractivity contribution in [2.24, 2.45) is 0 Å². The van der Waals surface area contributed by atoms with Crippen LogP contribution in [0.15, 0.2) is 0 Å². The Morgan fingerprint density at radius 3 is 2.71 bits per heavy atom. The fourth-order valence-electron chi connectivity index (χ4n) is 2.12. The first-order valence-corrected chi connectivity index (χ1v) is 5.48. The summed E-state index contributed by atoms with van der Waals surface area (Å²) in [5.74, 6) is 0. The molecule has 0 aromatic rings. The van der Waals surface area contributed by atoms with E-state index in [2.05, 4.69) is 16.7 Å². The van der Waals surface area contributed by atoms with Crippen LogP contribution in [0.25, 0.3) is 0 Å². The monoisotopic (exact) mass is 202 g/mol. The zero-order chi connectivity index (χ0) is 9.97. The summed E-state index contributed by atoms with van der Waals surface area (Å²) in [5, 5.41) is 0. The van der Waals surface area contributed by atoms with Crippen molar-refractivity contribution in [3.8, 4) is 0 Å². The molecule has 1 atom stereocenters. The van der Waals surface area contributed by atoms with E-state index in [0.717, 1.165) is 32.8 Å². The molecule has 2 rings (SSSR count).